The van der Waals surface area contributed by atoms with Gasteiger partial charge in [0.2, 0.25) is 5.91 Å². The van der Waals surface area contributed by atoms with Crippen LogP contribution in [-0.2, 0) is 11.0 Å². The van der Waals surface area contributed by atoms with Crippen molar-refractivity contribution in [1.82, 2.24) is 4.90 Å². The summed E-state index contributed by atoms with van der Waals surface area (Å²) in [5.41, 5.74) is -0.816. The molecule has 1 saturated heterocycles. The molecule has 1 aliphatic rings. The molecule has 0 N–H and O–H groups in total. The molecule has 3 rings (SSSR count). The summed E-state index contributed by atoms with van der Waals surface area (Å²) in [5, 5.41) is 0. The third-order valence-corrected chi connectivity index (χ3v) is 4.30. The number of amides is 2. The third kappa shape index (κ3) is 4.27. The zero-order chi connectivity index (χ0) is 19.6. The van der Waals surface area contributed by atoms with E-state index in [4.69, 9.17) is 0 Å². The number of benzene rings is 2. The van der Waals surface area contributed by atoms with Gasteiger partial charge in [-0.25, -0.2) is 4.39 Å². The van der Waals surface area contributed by atoms with Crippen LogP contribution in [0, 0.1) is 5.82 Å². The molecule has 0 bridgehead atoms. The van der Waals surface area contributed by atoms with Crippen LogP contribution in [0.4, 0.5) is 23.2 Å². The second kappa shape index (κ2) is 7.38. The van der Waals surface area contributed by atoms with E-state index in [9.17, 15) is 27.2 Å². The number of anilines is 1. The van der Waals surface area contributed by atoms with Crippen molar-refractivity contribution in [3.05, 3.63) is 65.5 Å². The van der Waals surface area contributed by atoms with E-state index in [1.165, 1.54) is 28.0 Å². The molecule has 1 heterocycles. The van der Waals surface area contributed by atoms with Gasteiger partial charge in [0.25, 0.3) is 5.91 Å². The molecule has 0 radical (unpaired) electrons. The van der Waals surface area contributed by atoms with Crippen molar-refractivity contribution in [1.29, 1.82) is 0 Å². The summed E-state index contributed by atoms with van der Waals surface area (Å²) in [5.74, 6) is -1.35. The zero-order valence-corrected chi connectivity index (χ0v) is 14.2. The molecule has 2 aromatic rings. The van der Waals surface area contributed by atoms with E-state index < -0.39 is 23.5 Å². The normalized spacial score (nSPS) is 14.5. The van der Waals surface area contributed by atoms with Crippen LogP contribution in [0.3, 0.4) is 0 Å². The van der Waals surface area contributed by atoms with Crippen molar-refractivity contribution in [2.45, 2.75) is 19.0 Å². The Morgan fingerprint density at radius 2 is 1.81 bits per heavy atom. The lowest BCUT2D eigenvalue weighted by atomic mass is 10.1. The Bertz CT molecular complexity index is 850. The Labute approximate surface area is 153 Å². The summed E-state index contributed by atoms with van der Waals surface area (Å²) < 4.78 is 52.1. The minimum Gasteiger partial charge on any atom is -0.324 e. The summed E-state index contributed by atoms with van der Waals surface area (Å²) in [6.07, 6.45) is -3.58. The van der Waals surface area contributed by atoms with Crippen LogP contribution >= 0.6 is 0 Å². The van der Waals surface area contributed by atoms with Gasteiger partial charge in [0, 0.05) is 24.2 Å². The van der Waals surface area contributed by atoms with E-state index in [1.807, 2.05) is 0 Å². The quantitative estimate of drug-likeness (QED) is 0.751. The molecule has 4 nitrogen and oxygen atoms in total. The summed E-state index contributed by atoms with van der Waals surface area (Å²) in [6.45, 7) is 0.339. The van der Waals surface area contributed by atoms with Crippen molar-refractivity contribution in [2.75, 3.05) is 18.1 Å². The molecule has 8 heteroatoms. The van der Waals surface area contributed by atoms with Gasteiger partial charge in [-0.05, 0) is 48.9 Å². The molecule has 0 aliphatic carbocycles. The number of likely N-dealkylation sites (tertiary alicyclic amines) is 1. The average molecular weight is 380 g/mol. The highest BCUT2D eigenvalue weighted by Crippen LogP contribution is 2.30. The smallest absolute Gasteiger partial charge is 0.324 e. The number of alkyl halides is 3. The minimum absolute atomic E-state index is 0.112. The van der Waals surface area contributed by atoms with Crippen LogP contribution in [-0.4, -0.2) is 29.9 Å². The van der Waals surface area contributed by atoms with E-state index in [-0.39, 0.29) is 18.1 Å². The number of halogens is 4. The first-order valence-corrected chi connectivity index (χ1v) is 8.28. The van der Waals surface area contributed by atoms with Gasteiger partial charge in [0.05, 0.1) is 5.56 Å². The van der Waals surface area contributed by atoms with Gasteiger partial charge in [0.1, 0.15) is 12.5 Å². The van der Waals surface area contributed by atoms with Gasteiger partial charge in [-0.3, -0.25) is 14.5 Å². The topological polar surface area (TPSA) is 40.6 Å². The molecule has 1 aliphatic heterocycles. The van der Waals surface area contributed by atoms with Gasteiger partial charge in [-0.1, -0.05) is 6.07 Å². The summed E-state index contributed by atoms with van der Waals surface area (Å²) in [7, 11) is 0. The highest BCUT2D eigenvalue weighted by Gasteiger charge is 2.32. The maximum atomic E-state index is 13.2. The van der Waals surface area contributed by atoms with Crippen molar-refractivity contribution in [3.8, 4) is 0 Å². The maximum absolute atomic E-state index is 13.2. The van der Waals surface area contributed by atoms with Crippen LogP contribution in [0.15, 0.2) is 48.5 Å². The van der Waals surface area contributed by atoms with Crippen molar-refractivity contribution < 1.29 is 27.2 Å². The average Bonchev–Trinajstić information content (AvgIpc) is 3.04. The standard InChI is InChI=1S/C19H16F4N2O2/c20-15-6-8-16(9-7-15)25(12-24-10-2-5-17(24)26)18(27)13-3-1-4-14(11-13)19(21,22)23/h1,3-4,6-9,11H,2,5,10,12H2. The molecular formula is C19H16F4N2O2. The van der Waals surface area contributed by atoms with E-state index in [2.05, 4.69) is 0 Å². The van der Waals surface area contributed by atoms with Crippen LogP contribution in [0.5, 0.6) is 0 Å². The summed E-state index contributed by atoms with van der Waals surface area (Å²) in [4.78, 5) is 27.5. The predicted molar refractivity (Wildman–Crippen MR) is 90.5 cm³/mol. The molecule has 2 amide bonds. The lowest BCUT2D eigenvalue weighted by molar-refractivity contribution is -0.137. The molecule has 0 unspecified atom stereocenters. The van der Waals surface area contributed by atoms with Crippen LogP contribution in [0.2, 0.25) is 0 Å². The summed E-state index contributed by atoms with van der Waals surface area (Å²) in [6, 6.07) is 9.07. The highest BCUT2D eigenvalue weighted by atomic mass is 19.4. The van der Waals surface area contributed by atoms with Gasteiger partial charge in [-0.15, -0.1) is 0 Å². The lowest BCUT2D eigenvalue weighted by Crippen LogP contribution is -2.42. The van der Waals surface area contributed by atoms with Gasteiger partial charge < -0.3 is 4.90 Å². The first-order chi connectivity index (χ1) is 12.8. The number of rotatable bonds is 4. The Morgan fingerprint density at radius 3 is 2.41 bits per heavy atom. The number of hydrogen-bond donors (Lipinski definition) is 0. The number of carbonyl (C=O) groups is 2. The molecule has 1 fully saturated rings. The van der Waals surface area contributed by atoms with Gasteiger partial charge >= 0.3 is 6.18 Å². The SMILES string of the molecule is O=C1CCCN1CN(C(=O)c1cccc(C(F)(F)F)c1)c1ccc(F)cc1. The largest absolute Gasteiger partial charge is 0.416 e. The molecule has 0 saturated carbocycles. The number of hydrogen-bond acceptors (Lipinski definition) is 2. The van der Waals surface area contributed by atoms with Crippen LogP contribution in [0.1, 0.15) is 28.8 Å². The lowest BCUT2D eigenvalue weighted by Gasteiger charge is -2.28. The Hall–Kier alpha value is -2.90. The van der Waals surface area contributed by atoms with Crippen LogP contribution in [0.25, 0.3) is 0 Å². The summed E-state index contributed by atoms with van der Waals surface area (Å²) >= 11 is 0. The Kier molecular flexibility index (Phi) is 5.16. The second-order valence-electron chi connectivity index (χ2n) is 6.19. The Balaban J connectivity index is 1.95. The number of carbonyl (C=O) groups excluding carboxylic acids is 2. The van der Waals surface area contributed by atoms with Gasteiger partial charge in [0.15, 0.2) is 0 Å². The fourth-order valence-electron chi connectivity index (χ4n) is 2.89. The first-order valence-electron chi connectivity index (χ1n) is 8.28. The maximum Gasteiger partial charge on any atom is 0.416 e. The van der Waals surface area contributed by atoms with E-state index in [0.29, 0.717) is 25.1 Å². The third-order valence-electron chi connectivity index (χ3n) is 4.30. The molecule has 142 valence electrons. The van der Waals surface area contributed by atoms with Crippen molar-refractivity contribution >= 4 is 17.5 Å². The highest BCUT2D eigenvalue weighted by molar-refractivity contribution is 6.06. The van der Waals surface area contributed by atoms with Crippen molar-refractivity contribution in [2.24, 2.45) is 0 Å². The minimum atomic E-state index is -4.58. The first kappa shape index (κ1) is 18.9. The predicted octanol–water partition coefficient (Wildman–Crippen LogP) is 4.07. The fraction of sp³-hybridized carbons (Fsp3) is 0.263. The van der Waals surface area contributed by atoms with E-state index >= 15 is 0 Å². The van der Waals surface area contributed by atoms with Crippen LogP contribution < -0.4 is 4.90 Å². The van der Waals surface area contributed by atoms with E-state index in [1.54, 1.807) is 0 Å². The van der Waals surface area contributed by atoms with Crippen molar-refractivity contribution in [3.63, 3.8) is 0 Å². The van der Waals surface area contributed by atoms with E-state index in [0.717, 1.165) is 30.3 Å². The van der Waals surface area contributed by atoms with Gasteiger partial charge in [-0.2, -0.15) is 13.2 Å². The molecule has 0 aromatic heterocycles. The fourth-order valence-corrected chi connectivity index (χ4v) is 2.89. The molecule has 0 atom stereocenters. The zero-order valence-electron chi connectivity index (χ0n) is 14.2. The second-order valence-corrected chi connectivity index (χ2v) is 6.19. The molecular weight excluding hydrogens is 364 g/mol. The molecule has 2 aromatic carbocycles. The number of nitrogens with zero attached hydrogens (tertiary/aromatic N) is 2. The Morgan fingerprint density at radius 1 is 1.11 bits per heavy atom. The monoisotopic (exact) mass is 380 g/mol. The molecule has 0 spiro atoms. The molecule has 27 heavy (non-hydrogen) atoms.